The number of para-hydroxylation sites is 1. The van der Waals surface area contributed by atoms with Crippen molar-refractivity contribution in [1.29, 1.82) is 0 Å². The third kappa shape index (κ3) is 2.27. The molecule has 1 N–H and O–H groups in total. The van der Waals surface area contributed by atoms with Crippen LogP contribution < -0.4 is 10.1 Å². The highest BCUT2D eigenvalue weighted by molar-refractivity contribution is 5.90. The molecule has 21 heavy (non-hydrogen) atoms. The number of hydrogen-bond donors (Lipinski definition) is 1. The molecule has 3 aromatic rings. The molecule has 0 spiro atoms. The van der Waals surface area contributed by atoms with E-state index in [9.17, 15) is 4.39 Å². The molecule has 0 aliphatic rings. The van der Waals surface area contributed by atoms with Crippen molar-refractivity contribution in [3.63, 3.8) is 0 Å². The first-order valence-corrected chi connectivity index (χ1v) is 6.52. The fraction of sp³-hybridized carbons (Fsp3) is 0.125. The lowest BCUT2D eigenvalue weighted by molar-refractivity contribution is 0.413. The van der Waals surface area contributed by atoms with E-state index in [0.717, 1.165) is 10.9 Å². The first-order valence-electron chi connectivity index (χ1n) is 6.52. The molecule has 0 atom stereocenters. The normalized spacial score (nSPS) is 10.6. The van der Waals surface area contributed by atoms with Crippen molar-refractivity contribution in [2.24, 2.45) is 0 Å². The number of benzene rings is 2. The second kappa shape index (κ2) is 5.36. The summed E-state index contributed by atoms with van der Waals surface area (Å²) in [4.78, 5) is 8.87. The fourth-order valence-electron chi connectivity index (χ4n) is 2.27. The lowest BCUT2D eigenvalue weighted by atomic mass is 10.1. The Hall–Kier alpha value is -2.69. The van der Waals surface area contributed by atoms with Gasteiger partial charge in [-0.05, 0) is 24.3 Å². The van der Waals surface area contributed by atoms with Crippen molar-refractivity contribution in [2.75, 3.05) is 19.5 Å². The number of fused-ring (bicyclic) bond motifs is 1. The van der Waals surface area contributed by atoms with Crippen molar-refractivity contribution >= 4 is 16.7 Å². The van der Waals surface area contributed by atoms with Gasteiger partial charge in [0.15, 0.2) is 5.82 Å². The van der Waals surface area contributed by atoms with Gasteiger partial charge in [-0.15, -0.1) is 0 Å². The molecule has 0 radical (unpaired) electrons. The van der Waals surface area contributed by atoms with Gasteiger partial charge in [-0.3, -0.25) is 0 Å². The average molecular weight is 283 g/mol. The Kier molecular flexibility index (Phi) is 3.39. The van der Waals surface area contributed by atoms with Gasteiger partial charge in [0.25, 0.3) is 0 Å². The number of nitrogens with zero attached hydrogens (tertiary/aromatic N) is 2. The molecule has 3 rings (SSSR count). The largest absolute Gasteiger partial charge is 0.496 e. The molecule has 0 bridgehead atoms. The van der Waals surface area contributed by atoms with E-state index in [1.54, 1.807) is 19.2 Å². The summed E-state index contributed by atoms with van der Waals surface area (Å²) in [7, 11) is 3.27. The number of nitrogens with one attached hydrogen (secondary N) is 1. The zero-order chi connectivity index (χ0) is 14.8. The second-order valence-electron chi connectivity index (χ2n) is 4.48. The van der Waals surface area contributed by atoms with Crippen LogP contribution in [0.4, 0.5) is 10.2 Å². The minimum atomic E-state index is -0.410. The average Bonchev–Trinajstić information content (AvgIpc) is 2.53. The van der Waals surface area contributed by atoms with E-state index in [2.05, 4.69) is 15.3 Å². The highest BCUT2D eigenvalue weighted by atomic mass is 19.1. The molecular weight excluding hydrogens is 269 g/mol. The molecule has 5 heteroatoms. The van der Waals surface area contributed by atoms with Gasteiger partial charge in [0.1, 0.15) is 17.4 Å². The van der Waals surface area contributed by atoms with E-state index in [4.69, 9.17) is 4.74 Å². The van der Waals surface area contributed by atoms with Crippen molar-refractivity contribution in [3.05, 3.63) is 48.3 Å². The zero-order valence-electron chi connectivity index (χ0n) is 11.7. The Balaban J connectivity index is 2.31. The zero-order valence-corrected chi connectivity index (χ0v) is 11.7. The summed E-state index contributed by atoms with van der Waals surface area (Å²) in [5.74, 6) is 0.952. The summed E-state index contributed by atoms with van der Waals surface area (Å²) >= 11 is 0. The van der Waals surface area contributed by atoms with Gasteiger partial charge < -0.3 is 10.1 Å². The maximum absolute atomic E-state index is 14.2. The Morgan fingerprint density at radius 2 is 1.86 bits per heavy atom. The molecule has 0 amide bonds. The van der Waals surface area contributed by atoms with Crippen molar-refractivity contribution in [2.45, 2.75) is 0 Å². The molecule has 4 nitrogen and oxygen atoms in total. The smallest absolute Gasteiger partial charge is 0.168 e. The Labute approximate surface area is 121 Å². The molecule has 1 heterocycles. The highest BCUT2D eigenvalue weighted by Crippen LogP contribution is 2.32. The molecule has 0 unspecified atom stereocenters. The van der Waals surface area contributed by atoms with Crippen LogP contribution in [0.15, 0.2) is 42.5 Å². The van der Waals surface area contributed by atoms with Gasteiger partial charge in [-0.25, -0.2) is 14.4 Å². The molecule has 0 saturated carbocycles. The SMILES string of the molecule is CNc1nc(-c2c(F)cccc2OC)nc2ccccc12. The van der Waals surface area contributed by atoms with Crippen LogP contribution in [0.2, 0.25) is 0 Å². The van der Waals surface area contributed by atoms with E-state index in [1.807, 2.05) is 24.3 Å². The number of methoxy groups -OCH3 is 1. The summed E-state index contributed by atoms with van der Waals surface area (Å²) in [5.41, 5.74) is 1.01. The molecule has 106 valence electrons. The summed E-state index contributed by atoms with van der Waals surface area (Å²) in [6.45, 7) is 0. The summed E-state index contributed by atoms with van der Waals surface area (Å²) in [6, 6.07) is 12.2. The van der Waals surface area contributed by atoms with E-state index in [1.165, 1.54) is 13.2 Å². The van der Waals surface area contributed by atoms with Crippen LogP contribution in [-0.2, 0) is 0 Å². The lowest BCUT2D eigenvalue weighted by Crippen LogP contribution is -2.01. The molecule has 1 aromatic heterocycles. The molecule has 0 aliphatic carbocycles. The van der Waals surface area contributed by atoms with Crippen molar-refractivity contribution in [1.82, 2.24) is 9.97 Å². The third-order valence-electron chi connectivity index (χ3n) is 3.26. The van der Waals surface area contributed by atoms with Gasteiger partial charge in [0.05, 0.1) is 18.2 Å². The fourth-order valence-corrected chi connectivity index (χ4v) is 2.27. The van der Waals surface area contributed by atoms with E-state index in [-0.39, 0.29) is 5.56 Å². The van der Waals surface area contributed by atoms with Gasteiger partial charge in [0, 0.05) is 12.4 Å². The number of rotatable bonds is 3. The minimum absolute atomic E-state index is 0.266. The predicted octanol–water partition coefficient (Wildman–Crippen LogP) is 3.49. The van der Waals surface area contributed by atoms with Crippen LogP contribution in [0, 0.1) is 5.82 Å². The number of ether oxygens (including phenoxy) is 1. The first-order chi connectivity index (χ1) is 10.2. The monoisotopic (exact) mass is 283 g/mol. The third-order valence-corrected chi connectivity index (χ3v) is 3.26. The summed E-state index contributed by atoms with van der Waals surface area (Å²) in [5, 5.41) is 3.91. The molecular formula is C16H14FN3O. The van der Waals surface area contributed by atoms with Crippen LogP contribution in [-0.4, -0.2) is 24.1 Å². The van der Waals surface area contributed by atoms with E-state index >= 15 is 0 Å². The predicted molar refractivity (Wildman–Crippen MR) is 81.0 cm³/mol. The maximum atomic E-state index is 14.2. The number of hydrogen-bond acceptors (Lipinski definition) is 4. The van der Waals surface area contributed by atoms with E-state index < -0.39 is 5.82 Å². The number of aromatic nitrogens is 2. The quantitative estimate of drug-likeness (QED) is 0.799. The molecule has 0 saturated heterocycles. The van der Waals surface area contributed by atoms with E-state index in [0.29, 0.717) is 17.4 Å². The highest BCUT2D eigenvalue weighted by Gasteiger charge is 2.16. The van der Waals surface area contributed by atoms with Gasteiger partial charge >= 0.3 is 0 Å². The van der Waals surface area contributed by atoms with Gasteiger partial charge in [0.2, 0.25) is 0 Å². The maximum Gasteiger partial charge on any atom is 0.168 e. The minimum Gasteiger partial charge on any atom is -0.496 e. The van der Waals surface area contributed by atoms with Crippen molar-refractivity contribution < 1.29 is 9.13 Å². The van der Waals surface area contributed by atoms with Gasteiger partial charge in [-0.2, -0.15) is 0 Å². The summed E-state index contributed by atoms with van der Waals surface area (Å²) in [6.07, 6.45) is 0. The Morgan fingerprint density at radius 3 is 2.62 bits per heavy atom. The first kappa shape index (κ1) is 13.3. The lowest BCUT2D eigenvalue weighted by Gasteiger charge is -2.11. The number of halogens is 1. The Bertz CT molecular complexity index is 805. The van der Waals surface area contributed by atoms with Crippen molar-refractivity contribution in [3.8, 4) is 17.1 Å². The molecule has 0 aliphatic heterocycles. The summed E-state index contributed by atoms with van der Waals surface area (Å²) < 4.78 is 19.4. The van der Waals surface area contributed by atoms with Crippen LogP contribution in [0.3, 0.4) is 0 Å². The topological polar surface area (TPSA) is 47.0 Å². The Morgan fingerprint density at radius 1 is 1.05 bits per heavy atom. The van der Waals surface area contributed by atoms with Crippen LogP contribution >= 0.6 is 0 Å². The standard InChI is InChI=1S/C16H14FN3O/c1-18-15-10-6-3-4-8-12(10)19-16(20-15)14-11(17)7-5-9-13(14)21-2/h3-9H,1-2H3,(H,18,19,20). The second-order valence-corrected chi connectivity index (χ2v) is 4.48. The van der Waals surface area contributed by atoms with Crippen LogP contribution in [0.5, 0.6) is 5.75 Å². The number of anilines is 1. The molecule has 2 aromatic carbocycles. The molecule has 0 fully saturated rings. The van der Waals surface area contributed by atoms with Gasteiger partial charge in [-0.1, -0.05) is 18.2 Å². The van der Waals surface area contributed by atoms with Crippen LogP contribution in [0.25, 0.3) is 22.3 Å². The van der Waals surface area contributed by atoms with Crippen LogP contribution in [0.1, 0.15) is 0 Å².